The third kappa shape index (κ3) is 1.63. The summed E-state index contributed by atoms with van der Waals surface area (Å²) in [6.07, 6.45) is 0. The largest absolute Gasteiger partial charge is 0.496 e. The molecule has 2 aromatic rings. The summed E-state index contributed by atoms with van der Waals surface area (Å²) in [7, 11) is 1.48. The SMILES string of the molecule is COc1cccc(F)c1-c1cc(N)n[nH]1. The summed E-state index contributed by atoms with van der Waals surface area (Å²) >= 11 is 0. The van der Waals surface area contributed by atoms with Gasteiger partial charge in [0.2, 0.25) is 0 Å². The summed E-state index contributed by atoms with van der Waals surface area (Å²) in [5, 5.41) is 6.38. The van der Waals surface area contributed by atoms with Gasteiger partial charge in [-0.15, -0.1) is 0 Å². The van der Waals surface area contributed by atoms with Crippen molar-refractivity contribution in [3.8, 4) is 17.0 Å². The van der Waals surface area contributed by atoms with Gasteiger partial charge in [-0.25, -0.2) is 4.39 Å². The second kappa shape index (κ2) is 3.61. The van der Waals surface area contributed by atoms with Crippen LogP contribution in [0.2, 0.25) is 0 Å². The van der Waals surface area contributed by atoms with E-state index < -0.39 is 0 Å². The number of nitrogens with two attached hydrogens (primary N) is 1. The van der Waals surface area contributed by atoms with Crippen LogP contribution in [0, 0.1) is 5.82 Å². The van der Waals surface area contributed by atoms with Gasteiger partial charge in [0.25, 0.3) is 0 Å². The Morgan fingerprint density at radius 2 is 2.27 bits per heavy atom. The summed E-state index contributed by atoms with van der Waals surface area (Å²) in [6, 6.07) is 6.17. The first-order chi connectivity index (χ1) is 7.22. The third-order valence-corrected chi connectivity index (χ3v) is 2.06. The Kier molecular flexibility index (Phi) is 2.29. The second-order valence-electron chi connectivity index (χ2n) is 3.02. The number of aromatic amines is 1. The van der Waals surface area contributed by atoms with E-state index in [1.165, 1.54) is 13.2 Å². The van der Waals surface area contributed by atoms with Crippen LogP contribution in [-0.4, -0.2) is 17.3 Å². The van der Waals surface area contributed by atoms with E-state index in [4.69, 9.17) is 10.5 Å². The zero-order valence-electron chi connectivity index (χ0n) is 8.12. The van der Waals surface area contributed by atoms with Gasteiger partial charge in [0.05, 0.1) is 18.4 Å². The quantitative estimate of drug-likeness (QED) is 0.789. The molecule has 1 aromatic heterocycles. The lowest BCUT2D eigenvalue weighted by Gasteiger charge is -2.06. The minimum atomic E-state index is -0.377. The molecule has 3 N–H and O–H groups in total. The van der Waals surface area contributed by atoms with Crippen LogP contribution in [0.3, 0.4) is 0 Å². The average molecular weight is 207 g/mol. The summed E-state index contributed by atoms with van der Waals surface area (Å²) in [5.41, 5.74) is 6.29. The number of H-pyrrole nitrogens is 1. The second-order valence-corrected chi connectivity index (χ2v) is 3.02. The lowest BCUT2D eigenvalue weighted by atomic mass is 10.1. The van der Waals surface area contributed by atoms with Gasteiger partial charge in [0.15, 0.2) is 0 Å². The number of anilines is 1. The first-order valence-corrected chi connectivity index (χ1v) is 4.36. The maximum absolute atomic E-state index is 13.6. The molecule has 0 saturated carbocycles. The van der Waals surface area contributed by atoms with E-state index in [1.807, 2.05) is 0 Å². The number of nitrogens with one attached hydrogen (secondary N) is 1. The number of hydrogen-bond acceptors (Lipinski definition) is 3. The van der Waals surface area contributed by atoms with Crippen molar-refractivity contribution in [2.75, 3.05) is 12.8 Å². The molecule has 0 amide bonds. The van der Waals surface area contributed by atoms with E-state index in [2.05, 4.69) is 10.2 Å². The van der Waals surface area contributed by atoms with Gasteiger partial charge in [0, 0.05) is 6.07 Å². The number of hydrogen-bond donors (Lipinski definition) is 2. The lowest BCUT2D eigenvalue weighted by molar-refractivity contribution is 0.413. The fraction of sp³-hybridized carbons (Fsp3) is 0.100. The molecule has 1 heterocycles. The number of rotatable bonds is 2. The first kappa shape index (κ1) is 9.51. The van der Waals surface area contributed by atoms with Crippen molar-refractivity contribution in [2.24, 2.45) is 0 Å². The molecule has 2 rings (SSSR count). The number of benzene rings is 1. The van der Waals surface area contributed by atoms with Crippen LogP contribution >= 0.6 is 0 Å². The predicted molar refractivity (Wildman–Crippen MR) is 54.9 cm³/mol. The molecule has 0 aliphatic heterocycles. The molecule has 78 valence electrons. The number of nitrogen functional groups attached to an aromatic ring is 1. The van der Waals surface area contributed by atoms with E-state index in [1.54, 1.807) is 18.2 Å². The van der Waals surface area contributed by atoms with Crippen LogP contribution in [0.1, 0.15) is 0 Å². The zero-order chi connectivity index (χ0) is 10.8. The molecule has 0 atom stereocenters. The number of nitrogens with zero attached hydrogens (tertiary/aromatic N) is 1. The topological polar surface area (TPSA) is 63.9 Å². The minimum Gasteiger partial charge on any atom is -0.496 e. The molecule has 0 unspecified atom stereocenters. The molecule has 0 radical (unpaired) electrons. The van der Waals surface area contributed by atoms with Crippen molar-refractivity contribution >= 4 is 5.82 Å². The molecule has 0 bridgehead atoms. The molecule has 4 nitrogen and oxygen atoms in total. The highest BCUT2D eigenvalue weighted by Crippen LogP contribution is 2.31. The molecule has 15 heavy (non-hydrogen) atoms. The van der Waals surface area contributed by atoms with Crippen LogP contribution in [-0.2, 0) is 0 Å². The Bertz CT molecular complexity index is 481. The van der Waals surface area contributed by atoms with Crippen LogP contribution in [0.5, 0.6) is 5.75 Å². The highest BCUT2D eigenvalue weighted by Gasteiger charge is 2.13. The van der Waals surface area contributed by atoms with Gasteiger partial charge in [-0.05, 0) is 12.1 Å². The molecule has 0 fully saturated rings. The highest BCUT2D eigenvalue weighted by atomic mass is 19.1. The molecule has 0 aliphatic rings. The molecule has 0 spiro atoms. The standard InChI is InChI=1S/C10H10FN3O/c1-15-8-4-2-3-6(11)10(8)7-5-9(12)14-13-7/h2-5H,1H3,(H3,12,13,14). The summed E-state index contributed by atoms with van der Waals surface area (Å²) in [4.78, 5) is 0. The Morgan fingerprint density at radius 3 is 2.87 bits per heavy atom. The van der Waals surface area contributed by atoms with Crippen LogP contribution in [0.15, 0.2) is 24.3 Å². The molecule has 1 aromatic carbocycles. The van der Waals surface area contributed by atoms with Crippen LogP contribution in [0.4, 0.5) is 10.2 Å². The summed E-state index contributed by atoms with van der Waals surface area (Å²) < 4.78 is 18.6. The van der Waals surface area contributed by atoms with Gasteiger partial charge in [-0.2, -0.15) is 5.10 Å². The number of ether oxygens (including phenoxy) is 1. The van der Waals surface area contributed by atoms with E-state index in [0.29, 0.717) is 22.8 Å². The van der Waals surface area contributed by atoms with Crippen molar-refractivity contribution in [3.05, 3.63) is 30.1 Å². The predicted octanol–water partition coefficient (Wildman–Crippen LogP) is 1.81. The van der Waals surface area contributed by atoms with Crippen molar-refractivity contribution < 1.29 is 9.13 Å². The minimum absolute atomic E-state index is 0.315. The Morgan fingerprint density at radius 1 is 1.47 bits per heavy atom. The number of aromatic nitrogens is 2. The van der Waals surface area contributed by atoms with Gasteiger partial charge in [0.1, 0.15) is 17.4 Å². The van der Waals surface area contributed by atoms with Crippen LogP contribution in [0.25, 0.3) is 11.3 Å². The monoisotopic (exact) mass is 207 g/mol. The van der Waals surface area contributed by atoms with E-state index >= 15 is 0 Å². The molecular weight excluding hydrogens is 197 g/mol. The lowest BCUT2D eigenvalue weighted by Crippen LogP contribution is -1.91. The van der Waals surface area contributed by atoms with Crippen molar-refractivity contribution in [1.82, 2.24) is 10.2 Å². The Labute approximate surface area is 85.9 Å². The van der Waals surface area contributed by atoms with Gasteiger partial charge in [-0.1, -0.05) is 6.07 Å². The molecule has 0 aliphatic carbocycles. The summed E-state index contributed by atoms with van der Waals surface area (Å²) in [6.45, 7) is 0. The van der Waals surface area contributed by atoms with Gasteiger partial charge < -0.3 is 10.5 Å². The van der Waals surface area contributed by atoms with Crippen molar-refractivity contribution in [2.45, 2.75) is 0 Å². The van der Waals surface area contributed by atoms with E-state index in [0.717, 1.165) is 0 Å². The van der Waals surface area contributed by atoms with Crippen molar-refractivity contribution in [1.29, 1.82) is 0 Å². The summed E-state index contributed by atoms with van der Waals surface area (Å²) in [5.74, 6) is 0.381. The van der Waals surface area contributed by atoms with Crippen LogP contribution < -0.4 is 10.5 Å². The molecular formula is C10H10FN3O. The van der Waals surface area contributed by atoms with E-state index in [9.17, 15) is 4.39 Å². The average Bonchev–Trinajstić information content (AvgIpc) is 2.64. The maximum Gasteiger partial charge on any atom is 0.145 e. The highest BCUT2D eigenvalue weighted by molar-refractivity contribution is 5.69. The fourth-order valence-corrected chi connectivity index (χ4v) is 1.40. The molecule has 0 saturated heterocycles. The third-order valence-electron chi connectivity index (χ3n) is 2.06. The zero-order valence-corrected chi connectivity index (χ0v) is 8.12. The Balaban J connectivity index is 2.60. The molecule has 5 heteroatoms. The maximum atomic E-state index is 13.6. The first-order valence-electron chi connectivity index (χ1n) is 4.36. The van der Waals surface area contributed by atoms with Gasteiger partial charge >= 0.3 is 0 Å². The number of halogens is 1. The van der Waals surface area contributed by atoms with Gasteiger partial charge in [-0.3, -0.25) is 5.10 Å². The fourth-order valence-electron chi connectivity index (χ4n) is 1.40. The normalized spacial score (nSPS) is 10.3. The van der Waals surface area contributed by atoms with E-state index in [-0.39, 0.29) is 5.82 Å². The Hall–Kier alpha value is -2.04. The number of methoxy groups -OCH3 is 1. The van der Waals surface area contributed by atoms with Crippen molar-refractivity contribution in [3.63, 3.8) is 0 Å². The smallest absolute Gasteiger partial charge is 0.145 e.